The maximum Gasteiger partial charge on any atom is 0.413 e. The fourth-order valence-electron chi connectivity index (χ4n) is 1.21. The molecule has 1 rings (SSSR count). The highest BCUT2D eigenvalue weighted by Gasteiger charge is 2.10. The molecular formula is C11H17N3O2. The molecule has 16 heavy (non-hydrogen) atoms. The molecule has 1 aromatic rings. The molecule has 0 aromatic carbocycles. The molecule has 5 heteroatoms. The highest BCUT2D eigenvalue weighted by Crippen LogP contribution is 2.14. The maximum atomic E-state index is 11.2. The van der Waals surface area contributed by atoms with Crippen LogP contribution in [-0.4, -0.2) is 31.3 Å². The number of nitrogens with one attached hydrogen (secondary N) is 1. The van der Waals surface area contributed by atoms with Crippen molar-refractivity contribution in [3.05, 3.63) is 18.3 Å². The number of ether oxygens (including phenoxy) is 1. The largest absolute Gasteiger partial charge is 0.452 e. The van der Waals surface area contributed by atoms with Gasteiger partial charge in [0.1, 0.15) is 5.82 Å². The Hall–Kier alpha value is -1.78. The summed E-state index contributed by atoms with van der Waals surface area (Å²) in [4.78, 5) is 16.8. The van der Waals surface area contributed by atoms with Crippen LogP contribution in [0.5, 0.6) is 0 Å². The van der Waals surface area contributed by atoms with E-state index in [1.54, 1.807) is 13.2 Å². The zero-order chi connectivity index (χ0) is 12.1. The first-order valence-corrected chi connectivity index (χ1v) is 5.09. The van der Waals surface area contributed by atoms with Crippen molar-refractivity contribution in [3.63, 3.8) is 0 Å². The SMILES string of the molecule is COC(=O)N(C)c1ccc(NC(C)C)nc1. The van der Waals surface area contributed by atoms with Gasteiger partial charge in [0.05, 0.1) is 19.0 Å². The average molecular weight is 223 g/mol. The third-order valence-electron chi connectivity index (χ3n) is 2.02. The lowest BCUT2D eigenvalue weighted by atomic mass is 10.3. The monoisotopic (exact) mass is 223 g/mol. The fraction of sp³-hybridized carbons (Fsp3) is 0.455. The van der Waals surface area contributed by atoms with Crippen molar-refractivity contribution in [2.24, 2.45) is 0 Å². The summed E-state index contributed by atoms with van der Waals surface area (Å²) < 4.78 is 4.60. The lowest BCUT2D eigenvalue weighted by Crippen LogP contribution is -2.26. The van der Waals surface area contributed by atoms with E-state index in [4.69, 9.17) is 0 Å². The second-order valence-electron chi connectivity index (χ2n) is 3.73. The van der Waals surface area contributed by atoms with Crippen molar-refractivity contribution in [1.82, 2.24) is 4.98 Å². The third kappa shape index (κ3) is 3.12. The minimum Gasteiger partial charge on any atom is -0.452 e. The number of carbonyl (C=O) groups excluding carboxylic acids is 1. The van der Waals surface area contributed by atoms with E-state index in [-0.39, 0.29) is 0 Å². The van der Waals surface area contributed by atoms with Crippen molar-refractivity contribution in [1.29, 1.82) is 0 Å². The minimum atomic E-state index is -0.411. The van der Waals surface area contributed by atoms with Crippen LogP contribution < -0.4 is 10.2 Å². The molecule has 0 fully saturated rings. The number of amides is 1. The molecule has 0 saturated heterocycles. The number of nitrogens with zero attached hydrogens (tertiary/aromatic N) is 2. The van der Waals surface area contributed by atoms with Gasteiger partial charge in [0.25, 0.3) is 0 Å². The van der Waals surface area contributed by atoms with Crippen molar-refractivity contribution in [2.45, 2.75) is 19.9 Å². The predicted molar refractivity (Wildman–Crippen MR) is 63.8 cm³/mol. The molecule has 0 aliphatic rings. The summed E-state index contributed by atoms with van der Waals surface area (Å²) in [5.41, 5.74) is 0.696. The summed E-state index contributed by atoms with van der Waals surface area (Å²) in [6.07, 6.45) is 1.22. The van der Waals surface area contributed by atoms with Gasteiger partial charge in [-0.05, 0) is 26.0 Å². The third-order valence-corrected chi connectivity index (χ3v) is 2.02. The fourth-order valence-corrected chi connectivity index (χ4v) is 1.21. The molecule has 5 nitrogen and oxygen atoms in total. The van der Waals surface area contributed by atoms with Crippen molar-refractivity contribution >= 4 is 17.6 Å². The zero-order valence-electron chi connectivity index (χ0n) is 10.0. The molecule has 0 aliphatic carbocycles. The van der Waals surface area contributed by atoms with Gasteiger partial charge in [-0.2, -0.15) is 0 Å². The first-order valence-electron chi connectivity index (χ1n) is 5.09. The number of hydrogen-bond donors (Lipinski definition) is 1. The van der Waals surface area contributed by atoms with Crippen molar-refractivity contribution in [3.8, 4) is 0 Å². The van der Waals surface area contributed by atoms with Gasteiger partial charge in [-0.3, -0.25) is 4.90 Å². The molecule has 0 atom stereocenters. The number of hydrogen-bond acceptors (Lipinski definition) is 4. The molecule has 1 aromatic heterocycles. The van der Waals surface area contributed by atoms with Gasteiger partial charge >= 0.3 is 6.09 Å². The summed E-state index contributed by atoms with van der Waals surface area (Å²) in [6, 6.07) is 3.97. The van der Waals surface area contributed by atoms with Crippen LogP contribution in [0.3, 0.4) is 0 Å². The summed E-state index contributed by atoms with van der Waals surface area (Å²) in [5, 5.41) is 3.17. The first kappa shape index (κ1) is 12.3. The van der Waals surface area contributed by atoms with E-state index in [9.17, 15) is 4.79 Å². The Kier molecular flexibility index (Phi) is 4.10. The van der Waals surface area contributed by atoms with Crippen LogP contribution in [0.4, 0.5) is 16.3 Å². The van der Waals surface area contributed by atoms with E-state index in [1.807, 2.05) is 26.0 Å². The van der Waals surface area contributed by atoms with Crippen LogP contribution in [0, 0.1) is 0 Å². The number of carbonyl (C=O) groups is 1. The van der Waals surface area contributed by atoms with E-state index in [0.717, 1.165) is 5.82 Å². The van der Waals surface area contributed by atoms with Crippen LogP contribution in [0.25, 0.3) is 0 Å². The van der Waals surface area contributed by atoms with Crippen LogP contribution in [0.2, 0.25) is 0 Å². The van der Waals surface area contributed by atoms with Crippen LogP contribution in [-0.2, 0) is 4.74 Å². The average Bonchev–Trinajstić information content (AvgIpc) is 2.27. The van der Waals surface area contributed by atoms with Crippen molar-refractivity contribution in [2.75, 3.05) is 24.4 Å². The standard InChI is InChI=1S/C11H17N3O2/c1-8(2)13-10-6-5-9(7-12-10)14(3)11(15)16-4/h5-8H,1-4H3,(H,12,13). The molecule has 0 unspecified atom stereocenters. The first-order chi connectivity index (χ1) is 7.54. The number of rotatable bonds is 3. The number of anilines is 2. The van der Waals surface area contributed by atoms with Gasteiger partial charge in [0.2, 0.25) is 0 Å². The number of methoxy groups -OCH3 is 1. The smallest absolute Gasteiger partial charge is 0.413 e. The topological polar surface area (TPSA) is 54.5 Å². The van der Waals surface area contributed by atoms with Gasteiger partial charge in [0, 0.05) is 13.1 Å². The van der Waals surface area contributed by atoms with Gasteiger partial charge in [-0.15, -0.1) is 0 Å². The van der Waals surface area contributed by atoms with E-state index in [0.29, 0.717) is 11.7 Å². The summed E-state index contributed by atoms with van der Waals surface area (Å²) in [7, 11) is 2.99. The molecule has 1 heterocycles. The Labute approximate surface area is 95.4 Å². The van der Waals surface area contributed by atoms with E-state index in [2.05, 4.69) is 15.0 Å². The molecule has 0 spiro atoms. The molecule has 88 valence electrons. The Bertz CT molecular complexity index is 349. The van der Waals surface area contributed by atoms with E-state index >= 15 is 0 Å². The van der Waals surface area contributed by atoms with Gasteiger partial charge in [-0.25, -0.2) is 9.78 Å². The molecular weight excluding hydrogens is 206 g/mol. The summed E-state index contributed by atoms with van der Waals surface area (Å²) in [5.74, 6) is 0.789. The van der Waals surface area contributed by atoms with Gasteiger partial charge < -0.3 is 10.1 Å². The number of aromatic nitrogens is 1. The molecule has 0 saturated carbocycles. The quantitative estimate of drug-likeness (QED) is 0.852. The normalized spacial score (nSPS) is 10.1. The summed E-state index contributed by atoms with van der Waals surface area (Å²) in [6.45, 7) is 4.08. The molecule has 0 aliphatic heterocycles. The van der Waals surface area contributed by atoms with Gasteiger partial charge in [-0.1, -0.05) is 0 Å². The lowest BCUT2D eigenvalue weighted by molar-refractivity contribution is 0.180. The van der Waals surface area contributed by atoms with Crippen LogP contribution in [0.1, 0.15) is 13.8 Å². The Morgan fingerprint density at radius 1 is 1.50 bits per heavy atom. The zero-order valence-corrected chi connectivity index (χ0v) is 10.0. The lowest BCUT2D eigenvalue weighted by Gasteiger charge is -2.16. The van der Waals surface area contributed by atoms with E-state index < -0.39 is 6.09 Å². The Morgan fingerprint density at radius 2 is 2.19 bits per heavy atom. The molecule has 0 bridgehead atoms. The molecule has 1 N–H and O–H groups in total. The highest BCUT2D eigenvalue weighted by molar-refractivity contribution is 5.86. The summed E-state index contributed by atoms with van der Waals surface area (Å²) >= 11 is 0. The highest BCUT2D eigenvalue weighted by atomic mass is 16.5. The molecule has 0 radical (unpaired) electrons. The Morgan fingerprint density at radius 3 is 2.62 bits per heavy atom. The van der Waals surface area contributed by atoms with E-state index in [1.165, 1.54) is 12.0 Å². The second-order valence-corrected chi connectivity index (χ2v) is 3.73. The number of pyridine rings is 1. The maximum absolute atomic E-state index is 11.2. The minimum absolute atomic E-state index is 0.330. The second kappa shape index (κ2) is 5.34. The van der Waals surface area contributed by atoms with Crippen LogP contribution in [0.15, 0.2) is 18.3 Å². The van der Waals surface area contributed by atoms with Crippen LogP contribution >= 0.6 is 0 Å². The van der Waals surface area contributed by atoms with Crippen molar-refractivity contribution < 1.29 is 9.53 Å². The molecule has 1 amide bonds. The van der Waals surface area contributed by atoms with Gasteiger partial charge in [0.15, 0.2) is 0 Å². The Balaban J connectivity index is 2.74. The predicted octanol–water partition coefficient (Wildman–Crippen LogP) is 2.10.